The van der Waals surface area contributed by atoms with Crippen LogP contribution in [0.5, 0.6) is 0 Å². The molecule has 0 bridgehead atoms. The Kier molecular flexibility index (Phi) is 3.43. The first-order chi connectivity index (χ1) is 8.04. The number of hydrogen-bond donors (Lipinski definition) is 1. The average molecular weight is 233 g/mol. The van der Waals surface area contributed by atoms with Gasteiger partial charge < -0.3 is 10.0 Å². The maximum Gasteiger partial charge on any atom is 0.0460 e. The van der Waals surface area contributed by atoms with Crippen LogP contribution in [0.25, 0.3) is 0 Å². The Labute approximate surface area is 104 Å². The normalized spacial score (nSPS) is 23.8. The highest BCUT2D eigenvalue weighted by atomic mass is 16.3. The van der Waals surface area contributed by atoms with Gasteiger partial charge in [0.25, 0.3) is 0 Å². The summed E-state index contributed by atoms with van der Waals surface area (Å²) >= 11 is 0. The number of piperidine rings is 1. The van der Waals surface area contributed by atoms with Crippen molar-refractivity contribution in [2.75, 3.05) is 18.1 Å². The van der Waals surface area contributed by atoms with Crippen molar-refractivity contribution in [2.45, 2.75) is 39.2 Å². The fourth-order valence-corrected chi connectivity index (χ4v) is 3.00. The van der Waals surface area contributed by atoms with Crippen molar-refractivity contribution in [3.8, 4) is 0 Å². The molecular weight excluding hydrogens is 210 g/mol. The maximum atomic E-state index is 9.32. The molecule has 2 rings (SSSR count). The highest BCUT2D eigenvalue weighted by molar-refractivity contribution is 5.55. The van der Waals surface area contributed by atoms with Crippen molar-refractivity contribution < 1.29 is 5.11 Å². The van der Waals surface area contributed by atoms with Crippen molar-refractivity contribution in [3.63, 3.8) is 0 Å². The topological polar surface area (TPSA) is 23.5 Å². The Morgan fingerprint density at radius 3 is 2.65 bits per heavy atom. The van der Waals surface area contributed by atoms with Gasteiger partial charge in [0, 0.05) is 24.4 Å². The van der Waals surface area contributed by atoms with E-state index in [9.17, 15) is 5.11 Å². The lowest BCUT2D eigenvalue weighted by Crippen LogP contribution is -2.51. The van der Waals surface area contributed by atoms with E-state index in [2.05, 4.69) is 49.9 Å². The third kappa shape index (κ3) is 2.47. The zero-order valence-electron chi connectivity index (χ0n) is 11.1. The molecule has 1 fully saturated rings. The van der Waals surface area contributed by atoms with E-state index in [-0.39, 0.29) is 5.54 Å². The molecule has 1 unspecified atom stereocenters. The van der Waals surface area contributed by atoms with Gasteiger partial charge >= 0.3 is 0 Å². The van der Waals surface area contributed by atoms with Gasteiger partial charge in [-0.2, -0.15) is 0 Å². The van der Waals surface area contributed by atoms with Crippen LogP contribution in [-0.2, 0) is 0 Å². The second-order valence-electron chi connectivity index (χ2n) is 5.79. The molecule has 0 amide bonds. The van der Waals surface area contributed by atoms with Gasteiger partial charge in [-0.15, -0.1) is 0 Å². The first kappa shape index (κ1) is 12.4. The Balaban J connectivity index is 2.25. The van der Waals surface area contributed by atoms with E-state index in [4.69, 9.17) is 0 Å². The van der Waals surface area contributed by atoms with Crippen LogP contribution in [0, 0.1) is 12.8 Å². The second-order valence-corrected chi connectivity index (χ2v) is 5.79. The minimum absolute atomic E-state index is 0.137. The molecule has 1 atom stereocenters. The molecule has 1 aromatic carbocycles. The zero-order valence-corrected chi connectivity index (χ0v) is 11.1. The van der Waals surface area contributed by atoms with E-state index in [1.807, 2.05) is 0 Å². The lowest BCUT2D eigenvalue weighted by Gasteiger charge is -2.47. The molecule has 2 nitrogen and oxygen atoms in total. The van der Waals surface area contributed by atoms with E-state index < -0.39 is 0 Å². The quantitative estimate of drug-likeness (QED) is 0.849. The summed E-state index contributed by atoms with van der Waals surface area (Å²) in [5.41, 5.74) is 2.81. The summed E-state index contributed by atoms with van der Waals surface area (Å²) in [6, 6.07) is 8.57. The molecular formula is C15H23NO. The molecule has 0 aliphatic carbocycles. The van der Waals surface area contributed by atoms with Gasteiger partial charge in [-0.05, 0) is 51.2 Å². The minimum Gasteiger partial charge on any atom is -0.396 e. The van der Waals surface area contributed by atoms with Crippen LogP contribution < -0.4 is 4.90 Å². The highest BCUT2D eigenvalue weighted by Crippen LogP contribution is 2.36. The van der Waals surface area contributed by atoms with E-state index in [0.29, 0.717) is 12.5 Å². The van der Waals surface area contributed by atoms with Crippen LogP contribution in [0.1, 0.15) is 32.3 Å². The van der Waals surface area contributed by atoms with Gasteiger partial charge in [0.05, 0.1) is 0 Å². The summed E-state index contributed by atoms with van der Waals surface area (Å²) in [6.07, 6.45) is 2.16. The second kappa shape index (κ2) is 4.69. The standard InChI is InChI=1S/C15H23NO/c1-12-6-4-5-7-14(12)16-9-8-13(11-17)10-15(16,2)3/h4-7,13,17H,8-11H2,1-3H3. The van der Waals surface area contributed by atoms with Crippen LogP contribution in [0.2, 0.25) is 0 Å². The van der Waals surface area contributed by atoms with E-state index in [1.54, 1.807) is 0 Å². The summed E-state index contributed by atoms with van der Waals surface area (Å²) in [6.45, 7) is 8.10. The summed E-state index contributed by atoms with van der Waals surface area (Å²) in [4.78, 5) is 2.49. The molecule has 0 radical (unpaired) electrons. The largest absolute Gasteiger partial charge is 0.396 e. The zero-order chi connectivity index (χ0) is 12.5. The van der Waals surface area contributed by atoms with Crippen molar-refractivity contribution in [1.82, 2.24) is 0 Å². The maximum absolute atomic E-state index is 9.32. The number of hydrogen-bond acceptors (Lipinski definition) is 2. The molecule has 0 saturated carbocycles. The molecule has 1 heterocycles. The Morgan fingerprint density at radius 2 is 2.06 bits per heavy atom. The number of benzene rings is 1. The van der Waals surface area contributed by atoms with Gasteiger partial charge in [-0.25, -0.2) is 0 Å². The van der Waals surface area contributed by atoms with Crippen LogP contribution in [0.15, 0.2) is 24.3 Å². The van der Waals surface area contributed by atoms with Crippen molar-refractivity contribution >= 4 is 5.69 Å². The number of aliphatic hydroxyl groups excluding tert-OH is 1. The molecule has 0 spiro atoms. The summed E-state index contributed by atoms with van der Waals surface area (Å²) in [7, 11) is 0. The Morgan fingerprint density at radius 1 is 1.35 bits per heavy atom. The van der Waals surface area contributed by atoms with Crippen LogP contribution >= 0.6 is 0 Å². The molecule has 1 aliphatic rings. The molecule has 17 heavy (non-hydrogen) atoms. The van der Waals surface area contributed by atoms with Crippen molar-refractivity contribution in [2.24, 2.45) is 5.92 Å². The van der Waals surface area contributed by atoms with Crippen molar-refractivity contribution in [1.29, 1.82) is 0 Å². The van der Waals surface area contributed by atoms with E-state index >= 15 is 0 Å². The fourth-order valence-electron chi connectivity index (χ4n) is 3.00. The monoisotopic (exact) mass is 233 g/mol. The summed E-state index contributed by atoms with van der Waals surface area (Å²) in [5, 5.41) is 9.32. The predicted octanol–water partition coefficient (Wildman–Crippen LogP) is 2.98. The fraction of sp³-hybridized carbons (Fsp3) is 0.600. The molecule has 1 aromatic rings. The van der Waals surface area contributed by atoms with Crippen molar-refractivity contribution in [3.05, 3.63) is 29.8 Å². The number of para-hydroxylation sites is 1. The van der Waals surface area contributed by atoms with Crippen LogP contribution in [-0.4, -0.2) is 23.8 Å². The van der Waals surface area contributed by atoms with Crippen LogP contribution in [0.4, 0.5) is 5.69 Å². The lowest BCUT2D eigenvalue weighted by molar-refractivity contribution is 0.166. The van der Waals surface area contributed by atoms with Gasteiger partial charge in [0.1, 0.15) is 0 Å². The van der Waals surface area contributed by atoms with Gasteiger partial charge in [-0.3, -0.25) is 0 Å². The number of anilines is 1. The molecule has 0 aromatic heterocycles. The Bertz CT molecular complexity index is 386. The minimum atomic E-state index is 0.137. The van der Waals surface area contributed by atoms with Gasteiger partial charge in [0.2, 0.25) is 0 Å². The number of aryl methyl sites for hydroxylation is 1. The average Bonchev–Trinajstić information content (AvgIpc) is 2.29. The Hall–Kier alpha value is -1.02. The first-order valence-corrected chi connectivity index (χ1v) is 6.49. The molecule has 2 heteroatoms. The first-order valence-electron chi connectivity index (χ1n) is 6.49. The third-order valence-corrected chi connectivity index (χ3v) is 3.94. The predicted molar refractivity (Wildman–Crippen MR) is 72.4 cm³/mol. The number of nitrogens with zero attached hydrogens (tertiary/aromatic N) is 1. The van der Waals surface area contributed by atoms with E-state index in [0.717, 1.165) is 19.4 Å². The van der Waals surface area contributed by atoms with E-state index in [1.165, 1.54) is 11.3 Å². The van der Waals surface area contributed by atoms with Gasteiger partial charge in [-0.1, -0.05) is 18.2 Å². The summed E-state index contributed by atoms with van der Waals surface area (Å²) < 4.78 is 0. The SMILES string of the molecule is Cc1ccccc1N1CCC(CO)CC1(C)C. The van der Waals surface area contributed by atoms with Crippen LogP contribution in [0.3, 0.4) is 0 Å². The van der Waals surface area contributed by atoms with Gasteiger partial charge in [0.15, 0.2) is 0 Å². The molecule has 1 aliphatic heterocycles. The smallest absolute Gasteiger partial charge is 0.0460 e. The third-order valence-electron chi connectivity index (χ3n) is 3.94. The lowest BCUT2D eigenvalue weighted by atomic mass is 9.82. The highest BCUT2D eigenvalue weighted by Gasteiger charge is 2.34. The summed E-state index contributed by atoms with van der Waals surface area (Å²) in [5.74, 6) is 0.463. The number of rotatable bonds is 2. The molecule has 94 valence electrons. The molecule has 1 saturated heterocycles. The molecule has 1 N–H and O–H groups in total. The number of aliphatic hydroxyl groups is 1.